The maximum atomic E-state index is 10.8. The summed E-state index contributed by atoms with van der Waals surface area (Å²) in [5, 5.41) is 17.5. The molecule has 1 rings (SSSR count). The fourth-order valence-corrected chi connectivity index (χ4v) is 0.912. The van der Waals surface area contributed by atoms with Crippen molar-refractivity contribution in [1.82, 2.24) is 0 Å². The van der Waals surface area contributed by atoms with E-state index in [1.807, 2.05) is 0 Å². The molecule has 1 heterocycles. The van der Waals surface area contributed by atoms with E-state index in [0.29, 0.717) is 5.76 Å². The number of nitriles is 1. The van der Waals surface area contributed by atoms with Gasteiger partial charge in [0, 0.05) is 0 Å². The van der Waals surface area contributed by atoms with Gasteiger partial charge >= 0.3 is 5.97 Å². The van der Waals surface area contributed by atoms with Crippen molar-refractivity contribution in [3.8, 4) is 6.07 Å². The molecule has 1 aromatic rings. The first-order valence-corrected chi connectivity index (χ1v) is 3.72. The lowest BCUT2D eigenvalue weighted by molar-refractivity contribution is -0.141. The summed E-state index contributed by atoms with van der Waals surface area (Å²) in [6.45, 7) is 3.01. The van der Waals surface area contributed by atoms with Crippen molar-refractivity contribution in [2.75, 3.05) is 0 Å². The maximum absolute atomic E-state index is 10.8. The zero-order valence-electron chi connectivity index (χ0n) is 7.37. The lowest BCUT2D eigenvalue weighted by Gasteiger charge is -2.11. The van der Waals surface area contributed by atoms with Crippen LogP contribution in [-0.2, 0) is 10.2 Å². The lowest BCUT2D eigenvalue weighted by Crippen LogP contribution is -2.29. The number of carbonyl (C=O) groups is 1. The Labute approximate surface area is 75.4 Å². The molecule has 0 amide bonds. The summed E-state index contributed by atoms with van der Waals surface area (Å²) < 4.78 is 5.10. The van der Waals surface area contributed by atoms with Crippen molar-refractivity contribution in [2.45, 2.75) is 19.3 Å². The highest BCUT2D eigenvalue weighted by molar-refractivity contribution is 5.83. The molecular weight excluding hydrogens is 170 g/mol. The molecule has 13 heavy (non-hydrogen) atoms. The van der Waals surface area contributed by atoms with Crippen LogP contribution in [0.1, 0.15) is 18.4 Å². The summed E-state index contributed by atoms with van der Waals surface area (Å²) in [5.41, 5.74) is -1.59. The van der Waals surface area contributed by atoms with Crippen molar-refractivity contribution in [3.05, 3.63) is 23.7 Å². The maximum Gasteiger partial charge on any atom is 0.331 e. The van der Waals surface area contributed by atoms with Gasteiger partial charge in [0.25, 0.3) is 0 Å². The number of furan rings is 1. The second kappa shape index (κ2) is 2.94. The van der Waals surface area contributed by atoms with Crippen molar-refractivity contribution < 1.29 is 14.3 Å². The number of nitrogens with zero attached hydrogens (tertiary/aromatic N) is 1. The van der Waals surface area contributed by atoms with E-state index < -0.39 is 11.4 Å². The van der Waals surface area contributed by atoms with Gasteiger partial charge < -0.3 is 9.52 Å². The number of hydrogen-bond acceptors (Lipinski definition) is 3. The minimum absolute atomic E-state index is 0.167. The number of rotatable bonds is 2. The van der Waals surface area contributed by atoms with Crippen molar-refractivity contribution in [3.63, 3.8) is 0 Å². The number of aryl methyl sites for hydroxylation is 1. The summed E-state index contributed by atoms with van der Waals surface area (Å²) in [6.07, 6.45) is 0. The Kier molecular flexibility index (Phi) is 2.11. The Morgan fingerprint density at radius 1 is 1.69 bits per heavy atom. The SMILES string of the molecule is Cc1ccc(C(C)(C#N)C(=O)O)o1. The van der Waals surface area contributed by atoms with Gasteiger partial charge in [-0.2, -0.15) is 5.26 Å². The average molecular weight is 179 g/mol. The van der Waals surface area contributed by atoms with Gasteiger partial charge in [0.1, 0.15) is 11.5 Å². The molecule has 0 aliphatic carbocycles. The van der Waals surface area contributed by atoms with E-state index in [9.17, 15) is 4.79 Å². The van der Waals surface area contributed by atoms with E-state index in [0.717, 1.165) is 0 Å². The molecule has 1 unspecified atom stereocenters. The molecule has 1 atom stereocenters. The second-order valence-electron chi connectivity index (χ2n) is 2.95. The highest BCUT2D eigenvalue weighted by Crippen LogP contribution is 2.24. The molecule has 0 radical (unpaired) electrons. The van der Waals surface area contributed by atoms with Gasteiger partial charge in [-0.05, 0) is 26.0 Å². The topological polar surface area (TPSA) is 74.2 Å². The van der Waals surface area contributed by atoms with E-state index in [1.54, 1.807) is 19.1 Å². The molecule has 0 fully saturated rings. The molecule has 0 aliphatic heterocycles. The first-order chi connectivity index (χ1) is 6.00. The van der Waals surface area contributed by atoms with Crippen molar-refractivity contribution in [2.24, 2.45) is 0 Å². The van der Waals surface area contributed by atoms with Crippen LogP contribution in [-0.4, -0.2) is 11.1 Å². The van der Waals surface area contributed by atoms with Crippen LogP contribution in [0.15, 0.2) is 16.5 Å². The number of carboxylic acid groups (broad SMARTS) is 1. The molecular formula is C9H9NO3. The van der Waals surface area contributed by atoms with E-state index in [4.69, 9.17) is 14.8 Å². The van der Waals surface area contributed by atoms with E-state index in [2.05, 4.69) is 0 Å². The number of aliphatic carboxylic acids is 1. The fraction of sp³-hybridized carbons (Fsp3) is 0.333. The molecule has 4 heteroatoms. The van der Waals surface area contributed by atoms with E-state index in [1.165, 1.54) is 13.0 Å². The molecule has 0 spiro atoms. The van der Waals surface area contributed by atoms with Gasteiger partial charge in [-0.1, -0.05) is 0 Å². The minimum Gasteiger partial charge on any atom is -0.480 e. The van der Waals surface area contributed by atoms with Crippen LogP contribution in [0.3, 0.4) is 0 Å². The lowest BCUT2D eigenvalue weighted by atomic mass is 9.90. The van der Waals surface area contributed by atoms with Crippen LogP contribution in [0.4, 0.5) is 0 Å². The quantitative estimate of drug-likeness (QED) is 0.745. The normalized spacial score (nSPS) is 14.5. The second-order valence-corrected chi connectivity index (χ2v) is 2.95. The van der Waals surface area contributed by atoms with Crippen LogP contribution in [0.2, 0.25) is 0 Å². The van der Waals surface area contributed by atoms with Gasteiger partial charge in [-0.15, -0.1) is 0 Å². The van der Waals surface area contributed by atoms with Crippen molar-refractivity contribution in [1.29, 1.82) is 5.26 Å². The van der Waals surface area contributed by atoms with Gasteiger partial charge in [0.15, 0.2) is 0 Å². The Hall–Kier alpha value is -1.76. The van der Waals surface area contributed by atoms with Crippen LogP contribution in [0.25, 0.3) is 0 Å². The fourth-order valence-electron chi connectivity index (χ4n) is 0.912. The summed E-state index contributed by atoms with van der Waals surface area (Å²) in [6, 6.07) is 4.85. The average Bonchev–Trinajstić information content (AvgIpc) is 2.50. The van der Waals surface area contributed by atoms with Crippen LogP contribution in [0, 0.1) is 18.3 Å². The molecule has 1 N–H and O–H groups in total. The number of hydrogen-bond donors (Lipinski definition) is 1. The Bertz CT molecular complexity index is 374. The molecule has 68 valence electrons. The van der Waals surface area contributed by atoms with Crippen LogP contribution < -0.4 is 0 Å². The predicted molar refractivity (Wildman–Crippen MR) is 44.0 cm³/mol. The minimum atomic E-state index is -1.59. The van der Waals surface area contributed by atoms with Gasteiger partial charge in [-0.25, -0.2) is 0 Å². The summed E-state index contributed by atoms with van der Waals surface area (Å²) in [5.74, 6) is -0.443. The third kappa shape index (κ3) is 1.41. The first-order valence-electron chi connectivity index (χ1n) is 3.72. The van der Waals surface area contributed by atoms with Gasteiger partial charge in [-0.3, -0.25) is 4.79 Å². The largest absolute Gasteiger partial charge is 0.480 e. The Balaban J connectivity index is 3.19. The molecule has 0 bridgehead atoms. The summed E-state index contributed by atoms with van der Waals surface area (Å²) >= 11 is 0. The Morgan fingerprint density at radius 3 is 2.62 bits per heavy atom. The predicted octanol–water partition coefficient (Wildman–Crippen LogP) is 1.45. The Morgan fingerprint density at radius 2 is 2.31 bits per heavy atom. The van der Waals surface area contributed by atoms with E-state index >= 15 is 0 Å². The standard InChI is InChI=1S/C9H9NO3/c1-6-3-4-7(13-6)9(2,5-10)8(11)12/h3-4H,1-2H3,(H,11,12). The highest BCUT2D eigenvalue weighted by atomic mass is 16.4. The van der Waals surface area contributed by atoms with Crippen molar-refractivity contribution >= 4 is 5.97 Å². The first kappa shape index (κ1) is 9.33. The van der Waals surface area contributed by atoms with Gasteiger partial charge in [0.2, 0.25) is 5.41 Å². The molecule has 4 nitrogen and oxygen atoms in total. The third-order valence-electron chi connectivity index (χ3n) is 1.88. The molecule has 0 aliphatic rings. The van der Waals surface area contributed by atoms with E-state index in [-0.39, 0.29) is 5.76 Å². The molecule has 0 saturated carbocycles. The smallest absolute Gasteiger partial charge is 0.331 e. The van der Waals surface area contributed by atoms with Crippen LogP contribution in [0.5, 0.6) is 0 Å². The zero-order valence-corrected chi connectivity index (χ0v) is 7.37. The monoisotopic (exact) mass is 179 g/mol. The molecule has 1 aromatic heterocycles. The van der Waals surface area contributed by atoms with Gasteiger partial charge in [0.05, 0.1) is 6.07 Å². The molecule has 0 aromatic carbocycles. The number of carboxylic acids is 1. The molecule has 0 saturated heterocycles. The third-order valence-corrected chi connectivity index (χ3v) is 1.88. The van der Waals surface area contributed by atoms with Crippen LogP contribution >= 0.6 is 0 Å². The highest BCUT2D eigenvalue weighted by Gasteiger charge is 2.38. The summed E-state index contributed by atoms with van der Waals surface area (Å²) in [7, 11) is 0. The summed E-state index contributed by atoms with van der Waals surface area (Å²) in [4.78, 5) is 10.8. The zero-order chi connectivity index (χ0) is 10.1.